The van der Waals surface area contributed by atoms with Gasteiger partial charge in [0.15, 0.2) is 0 Å². The molecular formula is C20H18N2O2. The molecule has 2 heterocycles. The molecule has 1 aromatic heterocycles. The molecule has 120 valence electrons. The van der Waals surface area contributed by atoms with E-state index in [1.807, 2.05) is 55.6 Å². The Balaban J connectivity index is 1.54. The predicted octanol–water partition coefficient (Wildman–Crippen LogP) is 3.38. The van der Waals surface area contributed by atoms with E-state index in [4.69, 9.17) is 4.74 Å². The lowest BCUT2D eigenvalue weighted by atomic mass is 10.1. The summed E-state index contributed by atoms with van der Waals surface area (Å²) in [5.74, 6) is 0.976. The van der Waals surface area contributed by atoms with Crippen LogP contribution in [-0.4, -0.2) is 24.5 Å². The highest BCUT2D eigenvalue weighted by atomic mass is 16.5. The molecule has 4 rings (SSSR count). The Bertz CT molecular complexity index is 920. The lowest BCUT2D eigenvalue weighted by Crippen LogP contribution is -2.27. The molecule has 24 heavy (non-hydrogen) atoms. The number of likely N-dealkylation sites (N-methyl/N-ethyl adjacent to an activating group) is 1. The third-order valence-corrected chi connectivity index (χ3v) is 4.44. The van der Waals surface area contributed by atoms with E-state index in [-0.39, 0.29) is 5.91 Å². The third kappa shape index (κ3) is 2.71. The number of amides is 1. The summed E-state index contributed by atoms with van der Waals surface area (Å²) in [5, 5.41) is 1.06. The molecule has 0 atom stereocenters. The van der Waals surface area contributed by atoms with Gasteiger partial charge in [0.2, 0.25) is 5.91 Å². The van der Waals surface area contributed by atoms with Crippen molar-refractivity contribution in [2.24, 2.45) is 0 Å². The number of nitrogens with zero attached hydrogens (tertiary/aromatic N) is 2. The molecule has 0 unspecified atom stereocenters. The maximum atomic E-state index is 12.6. The van der Waals surface area contributed by atoms with E-state index in [0.29, 0.717) is 6.42 Å². The SMILES string of the molecule is CN(C(=O)Cc1cnc2ccccc2c1)c1ccc2c(c1)CCO2. The fourth-order valence-electron chi connectivity index (χ4n) is 3.03. The van der Waals surface area contributed by atoms with Gasteiger partial charge in [-0.2, -0.15) is 0 Å². The summed E-state index contributed by atoms with van der Waals surface area (Å²) in [6.45, 7) is 0.721. The quantitative estimate of drug-likeness (QED) is 0.743. The smallest absolute Gasteiger partial charge is 0.231 e. The van der Waals surface area contributed by atoms with Gasteiger partial charge in [-0.25, -0.2) is 0 Å². The van der Waals surface area contributed by atoms with E-state index in [0.717, 1.165) is 40.9 Å². The topological polar surface area (TPSA) is 42.4 Å². The second-order valence-electron chi connectivity index (χ2n) is 6.06. The van der Waals surface area contributed by atoms with Gasteiger partial charge in [0.1, 0.15) is 5.75 Å². The van der Waals surface area contributed by atoms with E-state index in [1.165, 1.54) is 5.56 Å². The minimum Gasteiger partial charge on any atom is -0.493 e. The van der Waals surface area contributed by atoms with Crippen LogP contribution in [0, 0.1) is 0 Å². The first-order valence-electron chi connectivity index (χ1n) is 8.07. The number of carbonyl (C=O) groups excluding carboxylic acids is 1. The maximum Gasteiger partial charge on any atom is 0.231 e. The van der Waals surface area contributed by atoms with E-state index in [9.17, 15) is 4.79 Å². The van der Waals surface area contributed by atoms with Crippen LogP contribution in [0.1, 0.15) is 11.1 Å². The van der Waals surface area contributed by atoms with Crippen molar-refractivity contribution in [3.05, 3.63) is 65.9 Å². The van der Waals surface area contributed by atoms with Crippen molar-refractivity contribution >= 4 is 22.5 Å². The summed E-state index contributed by atoms with van der Waals surface area (Å²) in [6, 6.07) is 15.9. The first-order valence-corrected chi connectivity index (χ1v) is 8.07. The van der Waals surface area contributed by atoms with Gasteiger partial charge in [-0.1, -0.05) is 18.2 Å². The zero-order valence-electron chi connectivity index (χ0n) is 13.5. The fraction of sp³-hybridized carbons (Fsp3) is 0.200. The molecule has 0 N–H and O–H groups in total. The average molecular weight is 318 g/mol. The summed E-state index contributed by atoms with van der Waals surface area (Å²) >= 11 is 0. The van der Waals surface area contributed by atoms with Crippen LogP contribution >= 0.6 is 0 Å². The number of aromatic nitrogens is 1. The highest BCUT2D eigenvalue weighted by molar-refractivity contribution is 5.95. The molecule has 3 aromatic rings. The number of anilines is 1. The molecule has 1 aliphatic rings. The van der Waals surface area contributed by atoms with Crippen LogP contribution in [0.15, 0.2) is 54.7 Å². The largest absolute Gasteiger partial charge is 0.493 e. The number of rotatable bonds is 3. The molecule has 0 saturated heterocycles. The Morgan fingerprint density at radius 1 is 1.21 bits per heavy atom. The number of hydrogen-bond acceptors (Lipinski definition) is 3. The number of pyridine rings is 1. The standard InChI is InChI=1S/C20H18N2O2/c1-22(17-6-7-19-16(12-17)8-9-24-19)20(23)11-14-10-15-4-2-3-5-18(15)21-13-14/h2-7,10,12-13H,8-9,11H2,1H3. The molecule has 2 aromatic carbocycles. The molecule has 1 aliphatic heterocycles. The van der Waals surface area contributed by atoms with Crippen molar-refractivity contribution in [1.82, 2.24) is 4.98 Å². The number of hydrogen-bond donors (Lipinski definition) is 0. The Labute approximate surface area is 140 Å². The van der Waals surface area contributed by atoms with Crippen molar-refractivity contribution in [2.45, 2.75) is 12.8 Å². The molecule has 4 heteroatoms. The van der Waals surface area contributed by atoms with Gasteiger partial charge in [0, 0.05) is 30.7 Å². The van der Waals surface area contributed by atoms with Crippen molar-refractivity contribution in [3.63, 3.8) is 0 Å². The second-order valence-corrected chi connectivity index (χ2v) is 6.06. The molecule has 0 spiro atoms. The number of fused-ring (bicyclic) bond motifs is 2. The average Bonchev–Trinajstić information content (AvgIpc) is 3.08. The molecular weight excluding hydrogens is 300 g/mol. The van der Waals surface area contributed by atoms with Crippen LogP contribution in [0.25, 0.3) is 10.9 Å². The lowest BCUT2D eigenvalue weighted by Gasteiger charge is -2.18. The molecule has 4 nitrogen and oxygen atoms in total. The van der Waals surface area contributed by atoms with Crippen LogP contribution in [0.2, 0.25) is 0 Å². The van der Waals surface area contributed by atoms with Gasteiger partial charge in [-0.3, -0.25) is 9.78 Å². The van der Waals surface area contributed by atoms with Gasteiger partial charge in [-0.05, 0) is 41.5 Å². The molecule has 0 fully saturated rings. The zero-order chi connectivity index (χ0) is 16.5. The van der Waals surface area contributed by atoms with Gasteiger partial charge >= 0.3 is 0 Å². The van der Waals surface area contributed by atoms with E-state index in [1.54, 1.807) is 11.1 Å². The number of ether oxygens (including phenoxy) is 1. The first-order chi connectivity index (χ1) is 11.7. The summed E-state index contributed by atoms with van der Waals surface area (Å²) in [7, 11) is 1.81. The fourth-order valence-corrected chi connectivity index (χ4v) is 3.03. The zero-order valence-corrected chi connectivity index (χ0v) is 13.5. The minimum atomic E-state index is 0.0472. The number of carbonyl (C=O) groups is 1. The van der Waals surface area contributed by atoms with E-state index < -0.39 is 0 Å². The van der Waals surface area contributed by atoms with Crippen molar-refractivity contribution in [3.8, 4) is 5.75 Å². The third-order valence-electron chi connectivity index (χ3n) is 4.44. The summed E-state index contributed by atoms with van der Waals surface area (Å²) < 4.78 is 5.52. The molecule has 1 amide bonds. The minimum absolute atomic E-state index is 0.0472. The van der Waals surface area contributed by atoms with Crippen LogP contribution in [0.4, 0.5) is 5.69 Å². The van der Waals surface area contributed by atoms with Crippen molar-refractivity contribution < 1.29 is 9.53 Å². The van der Waals surface area contributed by atoms with Gasteiger partial charge < -0.3 is 9.64 Å². The summed E-state index contributed by atoms with van der Waals surface area (Å²) in [6.07, 6.45) is 3.02. The second kappa shape index (κ2) is 5.96. The molecule has 0 radical (unpaired) electrons. The van der Waals surface area contributed by atoms with Crippen LogP contribution in [0.3, 0.4) is 0 Å². The molecule has 0 saturated carbocycles. The predicted molar refractivity (Wildman–Crippen MR) is 94.5 cm³/mol. The molecule has 0 bridgehead atoms. The number of para-hydroxylation sites is 1. The molecule has 0 aliphatic carbocycles. The van der Waals surface area contributed by atoms with Crippen molar-refractivity contribution in [1.29, 1.82) is 0 Å². The Morgan fingerprint density at radius 2 is 2.08 bits per heavy atom. The van der Waals surface area contributed by atoms with Crippen LogP contribution in [0.5, 0.6) is 5.75 Å². The normalized spacial score (nSPS) is 12.7. The lowest BCUT2D eigenvalue weighted by molar-refractivity contribution is -0.117. The monoisotopic (exact) mass is 318 g/mol. The van der Waals surface area contributed by atoms with Crippen LogP contribution in [-0.2, 0) is 17.6 Å². The Morgan fingerprint density at radius 3 is 3.00 bits per heavy atom. The number of benzene rings is 2. The Kier molecular flexibility index (Phi) is 3.65. The highest BCUT2D eigenvalue weighted by Gasteiger charge is 2.17. The highest BCUT2D eigenvalue weighted by Crippen LogP contribution is 2.29. The first kappa shape index (κ1) is 14.7. The van der Waals surface area contributed by atoms with E-state index >= 15 is 0 Å². The summed E-state index contributed by atoms with van der Waals surface area (Å²) in [5.41, 5.74) is 3.94. The Hall–Kier alpha value is -2.88. The maximum absolute atomic E-state index is 12.6. The van der Waals surface area contributed by atoms with Gasteiger partial charge in [0.25, 0.3) is 0 Å². The van der Waals surface area contributed by atoms with Gasteiger partial charge in [0.05, 0.1) is 18.5 Å². The van der Waals surface area contributed by atoms with Crippen LogP contribution < -0.4 is 9.64 Å². The van der Waals surface area contributed by atoms with Crippen molar-refractivity contribution in [2.75, 3.05) is 18.6 Å². The van der Waals surface area contributed by atoms with Gasteiger partial charge in [-0.15, -0.1) is 0 Å². The summed E-state index contributed by atoms with van der Waals surface area (Å²) in [4.78, 5) is 18.7. The van der Waals surface area contributed by atoms with E-state index in [2.05, 4.69) is 4.98 Å².